The number of nitrogens with zero attached hydrogens (tertiary/aromatic N) is 2. The second kappa shape index (κ2) is 6.85. The largest absolute Gasteiger partial charge is 0.465 e. The van der Waals surface area contributed by atoms with Crippen LogP contribution in [0, 0.1) is 0 Å². The molecule has 0 unspecified atom stereocenters. The van der Waals surface area contributed by atoms with Crippen LogP contribution in [0.25, 0.3) is 0 Å². The first-order valence-electron chi connectivity index (χ1n) is 6.60. The molecule has 0 atom stereocenters. The maximum absolute atomic E-state index is 13.3. The maximum Gasteiger partial charge on any atom is 0.418 e. The van der Waals surface area contributed by atoms with Crippen LogP contribution in [0.2, 0.25) is 0 Å². The van der Waals surface area contributed by atoms with Gasteiger partial charge in [0.25, 0.3) is 0 Å². The van der Waals surface area contributed by atoms with Crippen molar-refractivity contribution in [3.05, 3.63) is 23.3 Å². The van der Waals surface area contributed by atoms with Gasteiger partial charge in [-0.3, -0.25) is 10.4 Å². The molecular formula is C13H15F3N2O4S. The molecule has 128 valence electrons. The summed E-state index contributed by atoms with van der Waals surface area (Å²) in [5.74, 6) is 0.367. The quantitative estimate of drug-likeness (QED) is 0.640. The summed E-state index contributed by atoms with van der Waals surface area (Å²) in [7, 11) is 1.06. The van der Waals surface area contributed by atoms with Gasteiger partial charge in [-0.1, -0.05) is 0 Å². The molecule has 6 nitrogen and oxygen atoms in total. The Hall–Kier alpha value is -1.65. The lowest BCUT2D eigenvalue weighted by atomic mass is 10.0. The van der Waals surface area contributed by atoms with Gasteiger partial charge < -0.3 is 9.64 Å². The van der Waals surface area contributed by atoms with Crippen molar-refractivity contribution in [2.24, 2.45) is 0 Å². The summed E-state index contributed by atoms with van der Waals surface area (Å²) in [5, 5.41) is 17.8. The van der Waals surface area contributed by atoms with Gasteiger partial charge in [-0.15, -0.1) is 5.23 Å². The van der Waals surface area contributed by atoms with E-state index >= 15 is 0 Å². The lowest BCUT2D eigenvalue weighted by Gasteiger charge is -2.31. The van der Waals surface area contributed by atoms with Crippen molar-refractivity contribution in [1.82, 2.24) is 0 Å². The van der Waals surface area contributed by atoms with E-state index in [-0.39, 0.29) is 11.3 Å². The van der Waals surface area contributed by atoms with Gasteiger partial charge in [-0.05, 0) is 12.1 Å². The smallest absolute Gasteiger partial charge is 0.418 e. The van der Waals surface area contributed by atoms with Gasteiger partial charge in [-0.25, -0.2) is 4.79 Å². The Bertz CT molecular complexity index is 589. The van der Waals surface area contributed by atoms with Gasteiger partial charge in [-0.2, -0.15) is 24.9 Å². The van der Waals surface area contributed by atoms with Gasteiger partial charge in [0.05, 0.1) is 23.9 Å². The van der Waals surface area contributed by atoms with Crippen molar-refractivity contribution < 1.29 is 33.1 Å². The number of rotatable bonds is 3. The number of anilines is 2. The van der Waals surface area contributed by atoms with Crippen molar-refractivity contribution in [2.45, 2.75) is 6.18 Å². The van der Waals surface area contributed by atoms with Crippen LogP contribution in [-0.4, -0.2) is 48.1 Å². The average molecular weight is 352 g/mol. The molecule has 1 aromatic rings. The van der Waals surface area contributed by atoms with Crippen molar-refractivity contribution in [2.75, 3.05) is 41.8 Å². The van der Waals surface area contributed by atoms with E-state index in [0.29, 0.717) is 30.7 Å². The molecule has 2 rings (SSSR count). The third-order valence-corrected chi connectivity index (χ3v) is 4.33. The van der Waals surface area contributed by atoms with Crippen LogP contribution in [0.3, 0.4) is 0 Å². The van der Waals surface area contributed by atoms with Crippen molar-refractivity contribution in [3.63, 3.8) is 0 Å². The summed E-state index contributed by atoms with van der Waals surface area (Å²) in [6.45, 7) is 0.797. The van der Waals surface area contributed by atoms with Gasteiger partial charge in [0.2, 0.25) is 0 Å². The first-order chi connectivity index (χ1) is 10.8. The minimum absolute atomic E-state index is 0.177. The van der Waals surface area contributed by atoms with Crippen molar-refractivity contribution in [3.8, 4) is 0 Å². The Morgan fingerprint density at radius 2 is 1.91 bits per heavy atom. The van der Waals surface area contributed by atoms with Crippen LogP contribution in [0.15, 0.2) is 12.1 Å². The molecule has 0 saturated carbocycles. The Morgan fingerprint density at radius 3 is 2.39 bits per heavy atom. The highest BCUT2D eigenvalue weighted by Gasteiger charge is 2.37. The van der Waals surface area contributed by atoms with Crippen LogP contribution in [0.1, 0.15) is 15.9 Å². The zero-order valence-electron chi connectivity index (χ0n) is 12.1. The molecule has 0 aromatic heterocycles. The van der Waals surface area contributed by atoms with Gasteiger partial charge in [0.1, 0.15) is 5.69 Å². The third-order valence-electron chi connectivity index (χ3n) is 3.39. The highest BCUT2D eigenvalue weighted by molar-refractivity contribution is 7.99. The second-order valence-corrected chi connectivity index (χ2v) is 5.99. The van der Waals surface area contributed by atoms with Crippen LogP contribution >= 0.6 is 11.8 Å². The number of halogens is 3. The molecule has 10 heteroatoms. The lowest BCUT2D eigenvalue weighted by Crippen LogP contribution is -2.34. The van der Waals surface area contributed by atoms with E-state index in [4.69, 9.17) is 10.4 Å². The second-order valence-electron chi connectivity index (χ2n) is 4.76. The van der Waals surface area contributed by atoms with Crippen molar-refractivity contribution in [1.29, 1.82) is 0 Å². The number of hydrogen-bond acceptors (Lipinski definition) is 7. The van der Waals surface area contributed by atoms with Gasteiger partial charge in [0.15, 0.2) is 0 Å². The number of methoxy groups -OCH3 is 1. The molecule has 0 bridgehead atoms. The molecule has 0 spiro atoms. The molecule has 0 aliphatic carbocycles. The normalized spacial score (nSPS) is 15.5. The van der Waals surface area contributed by atoms with Crippen LogP contribution in [-0.2, 0) is 10.9 Å². The standard InChI is InChI=1S/C13H15F3N2O4S/c1-22-12(19)8-6-11(17-2-4-23-5-3-17)9(13(14,15)16)7-10(8)18(20)21/h6-7,20-21H,2-5H2,1H3. The topological polar surface area (TPSA) is 73.2 Å². The Labute approximate surface area is 134 Å². The summed E-state index contributed by atoms with van der Waals surface area (Å²) >= 11 is 1.63. The van der Waals surface area contributed by atoms with Crippen LogP contribution in [0.5, 0.6) is 0 Å². The monoisotopic (exact) mass is 352 g/mol. The van der Waals surface area contributed by atoms with E-state index in [1.54, 1.807) is 11.8 Å². The summed E-state index contributed by atoms with van der Waals surface area (Å²) in [5.41, 5.74) is -2.28. The predicted molar refractivity (Wildman–Crippen MR) is 78.4 cm³/mol. The lowest BCUT2D eigenvalue weighted by molar-refractivity contribution is -0.137. The highest BCUT2D eigenvalue weighted by Crippen LogP contribution is 2.41. The van der Waals surface area contributed by atoms with E-state index in [1.165, 1.54) is 4.90 Å². The molecular weight excluding hydrogens is 337 g/mol. The van der Waals surface area contributed by atoms with E-state index in [0.717, 1.165) is 13.2 Å². The molecule has 23 heavy (non-hydrogen) atoms. The number of ether oxygens (including phenoxy) is 1. The summed E-state index contributed by atoms with van der Waals surface area (Å²) in [6, 6.07) is 1.52. The minimum Gasteiger partial charge on any atom is -0.465 e. The predicted octanol–water partition coefficient (Wildman–Crippen LogP) is 2.63. The zero-order valence-corrected chi connectivity index (χ0v) is 12.9. The van der Waals surface area contributed by atoms with Gasteiger partial charge in [0, 0.05) is 24.6 Å². The van der Waals surface area contributed by atoms with E-state index in [9.17, 15) is 18.0 Å². The fourth-order valence-corrected chi connectivity index (χ4v) is 3.21. The molecule has 0 radical (unpaired) electrons. The Morgan fingerprint density at radius 1 is 1.30 bits per heavy atom. The molecule has 1 fully saturated rings. The molecule has 1 aliphatic heterocycles. The number of esters is 1. The highest BCUT2D eigenvalue weighted by atomic mass is 32.2. The Kier molecular flexibility index (Phi) is 5.27. The Balaban J connectivity index is 2.63. The van der Waals surface area contributed by atoms with Crippen LogP contribution in [0.4, 0.5) is 24.5 Å². The molecule has 1 heterocycles. The summed E-state index contributed by atoms with van der Waals surface area (Å²) in [6.07, 6.45) is -4.71. The van der Waals surface area contributed by atoms with Gasteiger partial charge >= 0.3 is 12.1 Å². The van der Waals surface area contributed by atoms with E-state index in [2.05, 4.69) is 4.74 Å². The maximum atomic E-state index is 13.3. The SMILES string of the molecule is COC(=O)c1cc(N2CCSCC2)c(C(F)(F)F)cc1N(O)O. The number of benzene rings is 1. The molecule has 1 saturated heterocycles. The summed E-state index contributed by atoms with van der Waals surface area (Å²) < 4.78 is 44.5. The summed E-state index contributed by atoms with van der Waals surface area (Å²) in [4.78, 5) is 13.3. The number of carbonyl (C=O) groups is 1. The minimum atomic E-state index is -4.71. The number of hydrogen-bond donors (Lipinski definition) is 2. The first kappa shape index (κ1) is 17.7. The molecule has 2 N–H and O–H groups in total. The molecule has 1 aromatic carbocycles. The molecule has 1 aliphatic rings. The average Bonchev–Trinajstić information content (AvgIpc) is 2.52. The fourth-order valence-electron chi connectivity index (χ4n) is 2.31. The number of carbonyl (C=O) groups excluding carboxylic acids is 1. The number of alkyl halides is 3. The molecule has 0 amide bonds. The zero-order chi connectivity index (χ0) is 17.2. The van der Waals surface area contributed by atoms with Crippen molar-refractivity contribution >= 4 is 29.1 Å². The van der Waals surface area contributed by atoms with E-state index in [1.807, 2.05) is 0 Å². The van der Waals surface area contributed by atoms with E-state index < -0.39 is 28.6 Å². The third kappa shape index (κ3) is 3.82. The number of thioether (sulfide) groups is 1. The first-order valence-corrected chi connectivity index (χ1v) is 7.75. The fraction of sp³-hybridized carbons (Fsp3) is 0.462. The van der Waals surface area contributed by atoms with Crippen LogP contribution < -0.4 is 10.1 Å².